The maximum atomic E-state index is 14.5. The van der Waals surface area contributed by atoms with Crippen molar-refractivity contribution in [2.75, 3.05) is 5.32 Å². The first kappa shape index (κ1) is 29.8. The predicted octanol–water partition coefficient (Wildman–Crippen LogP) is 7.79. The molecule has 4 aromatic rings. The molecular weight excluding hydrogens is 609 g/mol. The predicted molar refractivity (Wildman–Crippen MR) is 131 cm³/mol. The molecule has 0 atom stereocenters. The number of nitriles is 1. The molecule has 212 valence electrons. The summed E-state index contributed by atoms with van der Waals surface area (Å²) in [6.07, 6.45) is -11.6. The molecule has 1 amide bonds. The highest BCUT2D eigenvalue weighted by Crippen LogP contribution is 2.54. The summed E-state index contributed by atoms with van der Waals surface area (Å²) >= 11 is 11.9. The quantitative estimate of drug-likeness (QED) is 0.231. The van der Waals surface area contributed by atoms with Gasteiger partial charge in [-0.1, -0.05) is 34.5 Å². The van der Waals surface area contributed by atoms with E-state index in [1.54, 1.807) is 0 Å². The summed E-state index contributed by atoms with van der Waals surface area (Å²) in [6, 6.07) is 10.8. The number of nitrogens with zero attached hydrogens (tertiary/aromatic N) is 4. The molecule has 1 aromatic heterocycles. The third kappa shape index (κ3) is 5.55. The Morgan fingerprint density at radius 1 is 0.902 bits per heavy atom. The molecule has 1 N–H and O–H groups in total. The van der Waals surface area contributed by atoms with Crippen LogP contribution in [0.15, 0.2) is 60.8 Å². The van der Waals surface area contributed by atoms with Crippen LogP contribution in [0.2, 0.25) is 10.0 Å². The van der Waals surface area contributed by atoms with Gasteiger partial charge in [-0.05, 0) is 48.5 Å². The highest BCUT2D eigenvalue weighted by atomic mass is 35.5. The van der Waals surface area contributed by atoms with E-state index in [0.29, 0.717) is 0 Å². The largest absolute Gasteiger partial charge is 0.435 e. The number of anilines is 1. The van der Waals surface area contributed by atoms with Gasteiger partial charge >= 0.3 is 18.0 Å². The molecule has 4 rings (SSSR count). The second-order valence-corrected chi connectivity index (χ2v) is 9.14. The van der Waals surface area contributed by atoms with E-state index < -0.39 is 51.0 Å². The Hall–Kier alpha value is -4.22. The molecule has 0 bridgehead atoms. The summed E-state index contributed by atoms with van der Waals surface area (Å²) in [5.41, 5.74) is -7.57. The molecular formula is C25H11Cl2F8N5O. The first-order chi connectivity index (χ1) is 19.1. The van der Waals surface area contributed by atoms with Gasteiger partial charge in [-0.15, -0.1) is 5.10 Å². The third-order valence-corrected chi connectivity index (χ3v) is 6.29. The molecule has 0 aliphatic rings. The number of carbonyl (C=O) groups excluding carboxylic acids is 1. The van der Waals surface area contributed by atoms with Gasteiger partial charge in [-0.2, -0.15) is 31.6 Å². The Labute approximate surface area is 234 Å². The summed E-state index contributed by atoms with van der Waals surface area (Å²) in [4.78, 5) is 12.6. The van der Waals surface area contributed by atoms with Crippen molar-refractivity contribution in [2.24, 2.45) is 0 Å². The van der Waals surface area contributed by atoms with E-state index in [1.807, 2.05) is 6.07 Å². The fraction of sp³-hybridized carbons (Fsp3) is 0.120. The lowest BCUT2D eigenvalue weighted by Gasteiger charge is -2.30. The van der Waals surface area contributed by atoms with Gasteiger partial charge in [-0.3, -0.25) is 4.79 Å². The van der Waals surface area contributed by atoms with Crippen LogP contribution in [0, 0.1) is 17.1 Å². The molecule has 0 fully saturated rings. The zero-order valence-electron chi connectivity index (χ0n) is 19.8. The van der Waals surface area contributed by atoms with E-state index >= 15 is 0 Å². The lowest BCUT2D eigenvalue weighted by molar-refractivity contribution is -0.348. The first-order valence-electron chi connectivity index (χ1n) is 10.9. The van der Waals surface area contributed by atoms with Crippen LogP contribution in [0.4, 0.5) is 40.8 Å². The van der Waals surface area contributed by atoms with E-state index in [9.17, 15) is 45.2 Å². The fourth-order valence-electron chi connectivity index (χ4n) is 3.68. The number of aromatic nitrogens is 3. The monoisotopic (exact) mass is 619 g/mol. The van der Waals surface area contributed by atoms with Crippen LogP contribution in [0.3, 0.4) is 0 Å². The van der Waals surface area contributed by atoms with Crippen molar-refractivity contribution in [3.63, 3.8) is 0 Å². The van der Waals surface area contributed by atoms with Gasteiger partial charge < -0.3 is 5.32 Å². The van der Waals surface area contributed by atoms with Gasteiger partial charge in [0.05, 0.1) is 27.5 Å². The van der Waals surface area contributed by atoms with E-state index in [4.69, 9.17) is 23.2 Å². The normalized spacial score (nSPS) is 12.2. The minimum atomic E-state index is -6.38. The Kier molecular flexibility index (Phi) is 7.72. The number of carbonyl (C=O) groups is 1. The number of rotatable bonds is 5. The molecule has 3 aromatic carbocycles. The molecule has 0 unspecified atom stereocenters. The Bertz CT molecular complexity index is 1640. The van der Waals surface area contributed by atoms with Crippen molar-refractivity contribution in [1.82, 2.24) is 15.0 Å². The lowest BCUT2D eigenvalue weighted by Crippen LogP contribution is -2.50. The first-order valence-corrected chi connectivity index (χ1v) is 11.7. The minimum Gasteiger partial charge on any atom is -0.321 e. The van der Waals surface area contributed by atoms with Crippen LogP contribution in [0.1, 0.15) is 21.5 Å². The molecule has 0 spiro atoms. The number of hydrogen-bond donors (Lipinski definition) is 1. The Balaban J connectivity index is 1.70. The highest BCUT2D eigenvalue weighted by molar-refractivity contribution is 6.37. The van der Waals surface area contributed by atoms with Gasteiger partial charge in [0.15, 0.2) is 0 Å². The number of nitrogens with one attached hydrogen (secondary N) is 1. The van der Waals surface area contributed by atoms with Gasteiger partial charge in [0.2, 0.25) is 0 Å². The summed E-state index contributed by atoms with van der Waals surface area (Å²) in [6.45, 7) is 0. The summed E-state index contributed by atoms with van der Waals surface area (Å²) in [5.74, 6) is -1.23. The smallest absolute Gasteiger partial charge is 0.321 e. The summed E-state index contributed by atoms with van der Waals surface area (Å²) in [7, 11) is 0. The van der Waals surface area contributed by atoms with Crippen molar-refractivity contribution < 1.29 is 39.9 Å². The number of halogens is 10. The standard InChI is InChI=1S/C25H11Cl2F8N5O/c26-17-8-15(23(29,24(30,31)32)25(33,34)35)9-18(27)21(17)40-11-20(38-39-40)13-1-2-14(10-36)19(7-13)37-22(41)12-3-5-16(28)6-4-12/h1-9,11H,(H,37,41). The zero-order chi connectivity index (χ0) is 30.3. The second-order valence-electron chi connectivity index (χ2n) is 8.32. The minimum absolute atomic E-state index is 0.0351. The molecule has 1 heterocycles. The SMILES string of the molecule is N#Cc1ccc(-c2cn(-c3c(Cl)cc(C(F)(C(F)(F)F)C(F)(F)F)cc3Cl)nn2)cc1NC(=O)c1ccc(F)cc1. The maximum absolute atomic E-state index is 14.5. The van der Waals surface area contributed by atoms with E-state index in [1.165, 1.54) is 30.3 Å². The zero-order valence-corrected chi connectivity index (χ0v) is 21.3. The van der Waals surface area contributed by atoms with Gasteiger partial charge in [0, 0.05) is 16.7 Å². The number of alkyl halides is 7. The molecule has 0 aliphatic carbocycles. The average molecular weight is 620 g/mol. The topological polar surface area (TPSA) is 83.6 Å². The van der Waals surface area contributed by atoms with E-state index in [0.717, 1.165) is 23.0 Å². The maximum Gasteiger partial charge on any atom is 0.435 e. The lowest BCUT2D eigenvalue weighted by atomic mass is 9.94. The van der Waals surface area contributed by atoms with Gasteiger partial charge in [0.25, 0.3) is 5.91 Å². The number of benzene rings is 3. The molecule has 0 aliphatic heterocycles. The second kappa shape index (κ2) is 10.6. The molecule has 0 saturated carbocycles. The number of amides is 1. The van der Waals surface area contributed by atoms with Crippen LogP contribution in [0.25, 0.3) is 16.9 Å². The van der Waals surface area contributed by atoms with Gasteiger partial charge in [0.1, 0.15) is 23.3 Å². The third-order valence-electron chi connectivity index (χ3n) is 5.71. The van der Waals surface area contributed by atoms with Crippen molar-refractivity contribution in [1.29, 1.82) is 5.26 Å². The highest BCUT2D eigenvalue weighted by Gasteiger charge is 2.73. The molecule has 6 nitrogen and oxygen atoms in total. The van der Waals surface area contributed by atoms with Crippen LogP contribution < -0.4 is 5.32 Å². The summed E-state index contributed by atoms with van der Waals surface area (Å²) < 4.78 is 108. The van der Waals surface area contributed by atoms with Crippen molar-refractivity contribution in [3.8, 4) is 23.0 Å². The van der Waals surface area contributed by atoms with Crippen LogP contribution in [-0.2, 0) is 5.67 Å². The number of hydrogen-bond acceptors (Lipinski definition) is 4. The molecule has 0 radical (unpaired) electrons. The Morgan fingerprint density at radius 2 is 1.49 bits per heavy atom. The molecule has 16 heteroatoms. The van der Waals surface area contributed by atoms with Crippen molar-refractivity contribution in [2.45, 2.75) is 18.0 Å². The van der Waals surface area contributed by atoms with Crippen molar-refractivity contribution >= 4 is 34.8 Å². The average Bonchev–Trinajstić information content (AvgIpc) is 3.36. The van der Waals surface area contributed by atoms with Crippen LogP contribution in [-0.4, -0.2) is 33.3 Å². The molecule has 41 heavy (non-hydrogen) atoms. The van der Waals surface area contributed by atoms with E-state index in [2.05, 4.69) is 15.6 Å². The fourth-order valence-corrected chi connectivity index (χ4v) is 4.34. The van der Waals surface area contributed by atoms with Gasteiger partial charge in [-0.25, -0.2) is 13.5 Å². The van der Waals surface area contributed by atoms with Crippen LogP contribution in [0.5, 0.6) is 0 Å². The van der Waals surface area contributed by atoms with E-state index in [-0.39, 0.29) is 40.2 Å². The Morgan fingerprint density at radius 3 is 2.02 bits per heavy atom. The summed E-state index contributed by atoms with van der Waals surface area (Å²) in [5, 5.41) is 17.9. The molecule has 0 saturated heterocycles. The van der Waals surface area contributed by atoms with Crippen LogP contribution >= 0.6 is 23.2 Å². The van der Waals surface area contributed by atoms with Crippen molar-refractivity contribution in [3.05, 3.63) is 93.3 Å².